The number of rotatable bonds is 2. The second-order valence-corrected chi connectivity index (χ2v) is 7.28. The van der Waals surface area contributed by atoms with Crippen molar-refractivity contribution >= 4 is 0 Å². The van der Waals surface area contributed by atoms with E-state index in [1.165, 1.54) is 12.8 Å². The number of ether oxygens (including phenoxy) is 1. The molecule has 0 aromatic carbocycles. The van der Waals surface area contributed by atoms with Crippen LogP contribution in [-0.2, 0) is 4.74 Å². The van der Waals surface area contributed by atoms with E-state index >= 15 is 0 Å². The molecular formula is C15H31N3O. The van der Waals surface area contributed by atoms with Gasteiger partial charge in [0.15, 0.2) is 0 Å². The van der Waals surface area contributed by atoms with Gasteiger partial charge in [0.25, 0.3) is 0 Å². The van der Waals surface area contributed by atoms with Crippen molar-refractivity contribution in [1.29, 1.82) is 0 Å². The molecule has 0 spiro atoms. The summed E-state index contributed by atoms with van der Waals surface area (Å²) in [6.45, 7) is 12.8. The van der Waals surface area contributed by atoms with Crippen LogP contribution in [0.3, 0.4) is 0 Å². The number of piperidine rings is 1. The van der Waals surface area contributed by atoms with Crippen LogP contribution in [0.15, 0.2) is 0 Å². The molecule has 2 aliphatic heterocycles. The van der Waals surface area contributed by atoms with Crippen LogP contribution in [0, 0.1) is 0 Å². The summed E-state index contributed by atoms with van der Waals surface area (Å²) >= 11 is 0. The van der Waals surface area contributed by atoms with Gasteiger partial charge in [0.05, 0.1) is 11.7 Å². The molecule has 112 valence electrons. The summed E-state index contributed by atoms with van der Waals surface area (Å²) in [7, 11) is 2.22. The molecule has 0 bridgehead atoms. The Bertz CT molecular complexity index is 321. The number of hydrogen-bond donors (Lipinski definition) is 1. The molecule has 3 atom stereocenters. The van der Waals surface area contributed by atoms with Gasteiger partial charge in [-0.1, -0.05) is 0 Å². The number of morpholine rings is 1. The van der Waals surface area contributed by atoms with Gasteiger partial charge >= 0.3 is 0 Å². The minimum atomic E-state index is -0.0631. The molecule has 2 saturated heterocycles. The summed E-state index contributed by atoms with van der Waals surface area (Å²) in [6.07, 6.45) is 2.64. The van der Waals surface area contributed by atoms with Gasteiger partial charge in [-0.2, -0.15) is 0 Å². The first-order chi connectivity index (χ1) is 8.78. The van der Waals surface area contributed by atoms with E-state index in [0.29, 0.717) is 12.1 Å². The predicted molar refractivity (Wildman–Crippen MR) is 79.3 cm³/mol. The molecule has 2 fully saturated rings. The highest BCUT2D eigenvalue weighted by Crippen LogP contribution is 2.35. The molecule has 4 heteroatoms. The van der Waals surface area contributed by atoms with Crippen LogP contribution in [0.1, 0.15) is 40.5 Å². The second kappa shape index (κ2) is 5.32. The Morgan fingerprint density at radius 2 is 2.00 bits per heavy atom. The molecule has 2 rings (SSSR count). The molecule has 0 saturated carbocycles. The Kier molecular flexibility index (Phi) is 4.26. The fraction of sp³-hybridized carbons (Fsp3) is 1.00. The van der Waals surface area contributed by atoms with E-state index in [-0.39, 0.29) is 11.1 Å². The van der Waals surface area contributed by atoms with Crippen LogP contribution in [0.5, 0.6) is 0 Å². The van der Waals surface area contributed by atoms with Gasteiger partial charge in [0, 0.05) is 31.2 Å². The van der Waals surface area contributed by atoms with Crippen molar-refractivity contribution < 1.29 is 4.74 Å². The zero-order chi connectivity index (χ0) is 14.3. The Labute approximate surface area is 118 Å². The third-order valence-corrected chi connectivity index (χ3v) is 4.98. The average Bonchev–Trinajstić information content (AvgIpc) is 2.30. The Hall–Kier alpha value is -0.160. The molecule has 2 N–H and O–H groups in total. The topological polar surface area (TPSA) is 41.7 Å². The number of likely N-dealkylation sites (tertiary alicyclic amines) is 1. The fourth-order valence-corrected chi connectivity index (χ4v) is 3.83. The maximum Gasteiger partial charge on any atom is 0.0757 e. The van der Waals surface area contributed by atoms with Gasteiger partial charge in [-0.3, -0.25) is 4.90 Å². The van der Waals surface area contributed by atoms with Crippen molar-refractivity contribution in [3.05, 3.63) is 0 Å². The van der Waals surface area contributed by atoms with Crippen LogP contribution in [-0.4, -0.2) is 66.3 Å². The third-order valence-electron chi connectivity index (χ3n) is 4.98. The Balaban J connectivity index is 2.16. The minimum Gasteiger partial charge on any atom is -0.370 e. The summed E-state index contributed by atoms with van der Waals surface area (Å²) in [5.41, 5.74) is 6.31. The number of hydrogen-bond acceptors (Lipinski definition) is 4. The quantitative estimate of drug-likeness (QED) is 0.820. The van der Waals surface area contributed by atoms with E-state index < -0.39 is 0 Å². The van der Waals surface area contributed by atoms with Gasteiger partial charge in [0.1, 0.15) is 0 Å². The van der Waals surface area contributed by atoms with E-state index in [0.717, 1.165) is 26.2 Å². The highest BCUT2D eigenvalue weighted by Gasteiger charge is 2.45. The first-order valence-corrected chi connectivity index (χ1v) is 7.61. The third kappa shape index (κ3) is 3.13. The van der Waals surface area contributed by atoms with E-state index in [4.69, 9.17) is 10.5 Å². The highest BCUT2D eigenvalue weighted by atomic mass is 16.5. The van der Waals surface area contributed by atoms with Crippen molar-refractivity contribution in [1.82, 2.24) is 9.80 Å². The molecule has 19 heavy (non-hydrogen) atoms. The van der Waals surface area contributed by atoms with E-state index in [2.05, 4.69) is 44.5 Å². The molecule has 0 aromatic heterocycles. The molecule has 0 radical (unpaired) electrons. The molecule has 2 heterocycles. The maximum absolute atomic E-state index is 6.21. The highest BCUT2D eigenvalue weighted by molar-refractivity contribution is 5.01. The normalized spacial score (nSPS) is 41.4. The minimum absolute atomic E-state index is 0.0631. The van der Waals surface area contributed by atoms with Crippen molar-refractivity contribution in [2.24, 2.45) is 5.73 Å². The molecule has 0 aromatic rings. The summed E-state index contributed by atoms with van der Waals surface area (Å²) in [5, 5.41) is 0. The first kappa shape index (κ1) is 15.2. The summed E-state index contributed by atoms with van der Waals surface area (Å²) in [6, 6.07) is 0.610. The smallest absolute Gasteiger partial charge is 0.0757 e. The summed E-state index contributed by atoms with van der Waals surface area (Å²) < 4.78 is 6.04. The molecule has 0 amide bonds. The van der Waals surface area contributed by atoms with Crippen molar-refractivity contribution in [2.75, 3.05) is 33.2 Å². The second-order valence-electron chi connectivity index (χ2n) is 7.28. The first-order valence-electron chi connectivity index (χ1n) is 7.61. The SMILES string of the molecule is CC1CN(C2(CN)CCN(C)C(C)C2)CC(C)(C)O1. The monoisotopic (exact) mass is 269 g/mol. The van der Waals surface area contributed by atoms with Gasteiger partial charge in [0.2, 0.25) is 0 Å². The number of nitrogens with zero attached hydrogens (tertiary/aromatic N) is 2. The lowest BCUT2D eigenvalue weighted by atomic mass is 9.80. The molecule has 2 aliphatic rings. The summed E-state index contributed by atoms with van der Waals surface area (Å²) in [4.78, 5) is 5.06. The van der Waals surface area contributed by atoms with Crippen LogP contribution in [0.2, 0.25) is 0 Å². The van der Waals surface area contributed by atoms with Crippen LogP contribution in [0.25, 0.3) is 0 Å². The predicted octanol–water partition coefficient (Wildman–Crippen LogP) is 1.30. The number of nitrogens with two attached hydrogens (primary N) is 1. The Morgan fingerprint density at radius 3 is 2.53 bits per heavy atom. The largest absolute Gasteiger partial charge is 0.370 e. The van der Waals surface area contributed by atoms with E-state index in [9.17, 15) is 0 Å². The van der Waals surface area contributed by atoms with Gasteiger partial charge in [-0.25, -0.2) is 0 Å². The van der Waals surface area contributed by atoms with Crippen molar-refractivity contribution in [2.45, 2.75) is 63.8 Å². The standard InChI is InChI=1S/C15H31N3O/c1-12-8-15(10-16,6-7-17(12)5)18-9-13(2)19-14(3,4)11-18/h12-13H,6-11,16H2,1-5H3. The molecular weight excluding hydrogens is 238 g/mol. The van der Waals surface area contributed by atoms with Crippen molar-refractivity contribution in [3.63, 3.8) is 0 Å². The molecule has 4 nitrogen and oxygen atoms in total. The maximum atomic E-state index is 6.21. The zero-order valence-electron chi connectivity index (χ0n) is 13.3. The van der Waals surface area contributed by atoms with E-state index in [1.807, 2.05) is 0 Å². The average molecular weight is 269 g/mol. The van der Waals surface area contributed by atoms with Gasteiger partial charge < -0.3 is 15.4 Å². The van der Waals surface area contributed by atoms with Crippen LogP contribution < -0.4 is 5.73 Å². The van der Waals surface area contributed by atoms with E-state index in [1.54, 1.807) is 0 Å². The molecule has 3 unspecified atom stereocenters. The lowest BCUT2D eigenvalue weighted by Gasteiger charge is -2.55. The Morgan fingerprint density at radius 1 is 1.32 bits per heavy atom. The zero-order valence-corrected chi connectivity index (χ0v) is 13.3. The summed E-state index contributed by atoms with van der Waals surface area (Å²) in [5.74, 6) is 0. The van der Waals surface area contributed by atoms with Gasteiger partial charge in [-0.15, -0.1) is 0 Å². The van der Waals surface area contributed by atoms with Gasteiger partial charge in [-0.05, 0) is 54.1 Å². The molecule has 0 aliphatic carbocycles. The van der Waals surface area contributed by atoms with Crippen molar-refractivity contribution in [3.8, 4) is 0 Å². The lowest BCUT2D eigenvalue weighted by Crippen LogP contribution is -2.66. The lowest BCUT2D eigenvalue weighted by molar-refractivity contribution is -0.161. The van der Waals surface area contributed by atoms with Crippen LogP contribution >= 0.6 is 0 Å². The van der Waals surface area contributed by atoms with Crippen LogP contribution in [0.4, 0.5) is 0 Å². The fourth-order valence-electron chi connectivity index (χ4n) is 3.83.